The predicted molar refractivity (Wildman–Crippen MR) is 118 cm³/mol. The van der Waals surface area contributed by atoms with Gasteiger partial charge in [-0.2, -0.15) is 5.10 Å². The van der Waals surface area contributed by atoms with Crippen LogP contribution in [0.3, 0.4) is 0 Å². The molecule has 0 amide bonds. The molecule has 0 fully saturated rings. The van der Waals surface area contributed by atoms with E-state index in [2.05, 4.69) is 48.8 Å². The highest BCUT2D eigenvalue weighted by atomic mass is 35.5. The Kier molecular flexibility index (Phi) is 4.26. The van der Waals surface area contributed by atoms with Gasteiger partial charge in [0.05, 0.1) is 39.2 Å². The molecule has 7 heteroatoms. The second-order valence-corrected chi connectivity index (χ2v) is 8.32. The number of hydrogen-bond acceptors (Lipinski definition) is 3. The van der Waals surface area contributed by atoms with Gasteiger partial charge in [-0.1, -0.05) is 35.3 Å². The second-order valence-electron chi connectivity index (χ2n) is 7.50. The number of nitrogens with zero attached hydrogens (tertiary/aromatic N) is 5. The van der Waals surface area contributed by atoms with Crippen LogP contribution in [0.15, 0.2) is 53.7 Å². The number of aliphatic imine (C=N–C) groups is 1. The Morgan fingerprint density at radius 2 is 1.79 bits per heavy atom. The van der Waals surface area contributed by atoms with E-state index < -0.39 is 0 Å². The zero-order valence-corrected chi connectivity index (χ0v) is 17.8. The van der Waals surface area contributed by atoms with E-state index in [1.54, 1.807) is 6.20 Å². The van der Waals surface area contributed by atoms with Crippen molar-refractivity contribution in [1.82, 2.24) is 19.3 Å². The van der Waals surface area contributed by atoms with E-state index in [0.717, 1.165) is 34.0 Å². The number of rotatable bonds is 2. The minimum Gasteiger partial charge on any atom is -0.330 e. The molecule has 2 unspecified atom stereocenters. The van der Waals surface area contributed by atoms with E-state index in [1.165, 1.54) is 5.56 Å². The molecule has 2 atom stereocenters. The van der Waals surface area contributed by atoms with Crippen LogP contribution in [0.4, 0.5) is 5.82 Å². The highest BCUT2D eigenvalue weighted by molar-refractivity contribution is 6.42. The Bertz CT molecular complexity index is 1280. The Morgan fingerprint density at radius 1 is 0.966 bits per heavy atom. The van der Waals surface area contributed by atoms with E-state index in [9.17, 15) is 0 Å². The number of imidazole rings is 1. The molecule has 0 saturated heterocycles. The van der Waals surface area contributed by atoms with Crippen LogP contribution in [0.5, 0.6) is 0 Å². The summed E-state index contributed by atoms with van der Waals surface area (Å²) in [6.07, 6.45) is 1.78. The van der Waals surface area contributed by atoms with Crippen molar-refractivity contribution in [3.05, 3.63) is 75.7 Å². The fourth-order valence-corrected chi connectivity index (χ4v) is 4.50. The number of aromatic nitrogens is 4. The van der Waals surface area contributed by atoms with Gasteiger partial charge in [0.25, 0.3) is 0 Å². The van der Waals surface area contributed by atoms with Crippen LogP contribution >= 0.6 is 23.2 Å². The molecule has 29 heavy (non-hydrogen) atoms. The van der Waals surface area contributed by atoms with E-state index in [0.29, 0.717) is 10.0 Å². The lowest BCUT2D eigenvalue weighted by Crippen LogP contribution is -2.30. The first-order chi connectivity index (χ1) is 13.9. The lowest BCUT2D eigenvalue weighted by molar-refractivity contribution is 0.470. The third-order valence-corrected chi connectivity index (χ3v) is 6.34. The summed E-state index contributed by atoms with van der Waals surface area (Å²) in [4.78, 5) is 9.82. The maximum atomic E-state index is 6.36. The van der Waals surface area contributed by atoms with Crippen LogP contribution in [0.2, 0.25) is 10.0 Å². The first kappa shape index (κ1) is 18.4. The van der Waals surface area contributed by atoms with Gasteiger partial charge in [0.15, 0.2) is 5.82 Å². The lowest BCUT2D eigenvalue weighted by atomic mass is 9.87. The van der Waals surface area contributed by atoms with E-state index in [4.69, 9.17) is 33.2 Å². The second kappa shape index (κ2) is 6.71. The fourth-order valence-electron chi connectivity index (χ4n) is 4.19. The van der Waals surface area contributed by atoms with Crippen molar-refractivity contribution in [2.45, 2.75) is 25.8 Å². The van der Waals surface area contributed by atoms with E-state index >= 15 is 0 Å². The molecule has 3 heterocycles. The van der Waals surface area contributed by atoms with Crippen LogP contribution < -0.4 is 0 Å². The minimum atomic E-state index is -0.121. The van der Waals surface area contributed by atoms with Crippen LogP contribution in [0, 0.1) is 6.92 Å². The first-order valence-electron chi connectivity index (χ1n) is 9.40. The molecule has 2 aromatic heterocycles. The molecule has 1 aliphatic heterocycles. The maximum absolute atomic E-state index is 6.36. The number of aryl methyl sites for hydroxylation is 2. The predicted octanol–water partition coefficient (Wildman–Crippen LogP) is 5.86. The zero-order valence-electron chi connectivity index (χ0n) is 16.3. The van der Waals surface area contributed by atoms with Gasteiger partial charge in [-0.15, -0.1) is 0 Å². The van der Waals surface area contributed by atoms with Crippen LogP contribution in [0.25, 0.3) is 11.0 Å². The van der Waals surface area contributed by atoms with Crippen LogP contribution in [-0.4, -0.2) is 25.0 Å². The summed E-state index contributed by atoms with van der Waals surface area (Å²) in [5.74, 6) is 1.69. The highest BCUT2D eigenvalue weighted by Gasteiger charge is 2.37. The fraction of sp³-hybridized carbons (Fsp3) is 0.227. The molecule has 4 aromatic rings. The summed E-state index contributed by atoms with van der Waals surface area (Å²) in [6, 6.07) is 13.9. The van der Waals surface area contributed by atoms with Gasteiger partial charge in [0, 0.05) is 18.8 Å². The third kappa shape index (κ3) is 2.88. The molecule has 0 radical (unpaired) electrons. The first-order valence-corrected chi connectivity index (χ1v) is 10.2. The molecule has 146 valence electrons. The van der Waals surface area contributed by atoms with Crippen LogP contribution in [0.1, 0.15) is 35.8 Å². The molecule has 2 aromatic carbocycles. The maximum Gasteiger partial charge on any atom is 0.150 e. The number of fused-ring (bicyclic) bond motifs is 2. The Balaban J connectivity index is 1.75. The highest BCUT2D eigenvalue weighted by Crippen LogP contribution is 2.43. The normalized spacial score (nSPS) is 18.7. The molecular formula is C22H19Cl2N5. The van der Waals surface area contributed by atoms with Crippen molar-refractivity contribution in [3.8, 4) is 0 Å². The van der Waals surface area contributed by atoms with Crippen LogP contribution in [-0.2, 0) is 7.05 Å². The number of halogens is 2. The molecule has 0 bridgehead atoms. The van der Waals surface area contributed by atoms with E-state index in [-0.39, 0.29) is 12.0 Å². The third-order valence-electron chi connectivity index (χ3n) is 5.60. The largest absolute Gasteiger partial charge is 0.330 e. The number of benzene rings is 2. The van der Waals surface area contributed by atoms with Gasteiger partial charge in [-0.05, 0) is 49.2 Å². The Hall–Kier alpha value is -2.63. The average molecular weight is 424 g/mol. The van der Waals surface area contributed by atoms with E-state index in [1.807, 2.05) is 28.9 Å². The molecule has 0 saturated carbocycles. The van der Waals surface area contributed by atoms with Crippen molar-refractivity contribution >= 4 is 45.8 Å². The van der Waals surface area contributed by atoms with Crippen molar-refractivity contribution in [2.75, 3.05) is 0 Å². The zero-order chi connectivity index (χ0) is 20.3. The molecule has 1 aliphatic rings. The summed E-state index contributed by atoms with van der Waals surface area (Å²) in [5, 5.41) is 5.63. The molecular weight excluding hydrogens is 405 g/mol. The Labute approximate surface area is 178 Å². The summed E-state index contributed by atoms with van der Waals surface area (Å²) >= 11 is 12.5. The topological polar surface area (TPSA) is 48.0 Å². The summed E-state index contributed by atoms with van der Waals surface area (Å²) in [7, 11) is 2.05. The average Bonchev–Trinajstić information content (AvgIpc) is 3.27. The van der Waals surface area contributed by atoms with Crippen molar-refractivity contribution in [3.63, 3.8) is 0 Å². The molecule has 5 rings (SSSR count). The molecule has 0 spiro atoms. The van der Waals surface area contributed by atoms with Gasteiger partial charge in [0.1, 0.15) is 5.82 Å². The van der Waals surface area contributed by atoms with Crippen molar-refractivity contribution in [2.24, 2.45) is 12.0 Å². The number of hydrogen-bond donors (Lipinski definition) is 0. The van der Waals surface area contributed by atoms with Gasteiger partial charge >= 0.3 is 0 Å². The monoisotopic (exact) mass is 423 g/mol. The SMILES string of the molecule is CC1=Nc2ccnn2C(c2ccc(Cl)c(Cl)c2)C1c1nc2cc(C)ccc2n1C. The lowest BCUT2D eigenvalue weighted by Gasteiger charge is -2.32. The van der Waals surface area contributed by atoms with Crippen molar-refractivity contribution < 1.29 is 0 Å². The standard InChI is InChI=1S/C22H19Cl2N5/c1-12-4-7-18-17(10-12)27-22(28(18)3)20-13(2)26-19-8-9-25-29(19)21(20)14-5-6-15(23)16(24)11-14/h4-11,20-21H,1-3H3. The quantitative estimate of drug-likeness (QED) is 0.404. The summed E-state index contributed by atoms with van der Waals surface area (Å²) < 4.78 is 4.10. The molecule has 5 nitrogen and oxygen atoms in total. The smallest absolute Gasteiger partial charge is 0.150 e. The van der Waals surface area contributed by atoms with Crippen molar-refractivity contribution in [1.29, 1.82) is 0 Å². The van der Waals surface area contributed by atoms with Gasteiger partial charge < -0.3 is 4.57 Å². The molecule has 0 aliphatic carbocycles. The van der Waals surface area contributed by atoms with Gasteiger partial charge in [-0.25, -0.2) is 14.7 Å². The molecule has 0 N–H and O–H groups in total. The summed E-state index contributed by atoms with van der Waals surface area (Å²) in [6.45, 7) is 4.13. The minimum absolute atomic E-state index is 0.0858. The Morgan fingerprint density at radius 3 is 2.59 bits per heavy atom. The van der Waals surface area contributed by atoms with Gasteiger partial charge in [-0.3, -0.25) is 0 Å². The summed E-state index contributed by atoms with van der Waals surface area (Å²) in [5.41, 5.74) is 5.27. The van der Waals surface area contributed by atoms with Gasteiger partial charge in [0.2, 0.25) is 0 Å².